The molecule has 1 aromatic carbocycles. The molecule has 2 N–H and O–H groups in total. The maximum atomic E-state index is 9.89. The van der Waals surface area contributed by atoms with Crippen molar-refractivity contribution in [2.75, 3.05) is 13.1 Å². The molecule has 1 heterocycles. The normalized spacial score (nSPS) is 20.2. The molecule has 1 aliphatic heterocycles. The van der Waals surface area contributed by atoms with E-state index in [0.29, 0.717) is 13.1 Å². The Morgan fingerprint density at radius 3 is 2.25 bits per heavy atom. The van der Waals surface area contributed by atoms with Crippen LogP contribution in [0.25, 0.3) is 0 Å². The second kappa shape index (κ2) is 2.83. The largest absolute Gasteiger partial charge is 0.382 e. The number of hydrogen-bond donors (Lipinski definition) is 2. The van der Waals surface area contributed by atoms with Crippen LogP contribution in [-0.2, 0) is 5.60 Å². The molecule has 1 fully saturated rings. The first-order valence-corrected chi connectivity index (χ1v) is 4.69. The van der Waals surface area contributed by atoms with Crippen LogP contribution in [0.4, 0.5) is 0 Å². The number of nitrogens with one attached hydrogen (secondary N) is 1. The molecular formula is C9H10BrNO. The molecule has 0 unspecified atom stereocenters. The SMILES string of the molecule is OC1(c2ccc(Br)cc2)CNC1. The summed E-state index contributed by atoms with van der Waals surface area (Å²) in [5.74, 6) is 0. The summed E-state index contributed by atoms with van der Waals surface area (Å²) >= 11 is 3.35. The molecule has 0 bridgehead atoms. The van der Waals surface area contributed by atoms with Crippen LogP contribution in [0.5, 0.6) is 0 Å². The molecule has 1 aliphatic rings. The molecule has 2 nitrogen and oxygen atoms in total. The number of rotatable bonds is 1. The Labute approximate surface area is 79.7 Å². The van der Waals surface area contributed by atoms with Crippen LogP contribution in [0.1, 0.15) is 5.56 Å². The summed E-state index contributed by atoms with van der Waals surface area (Å²) in [5.41, 5.74) is 0.366. The number of benzene rings is 1. The maximum Gasteiger partial charge on any atom is 0.114 e. The van der Waals surface area contributed by atoms with Gasteiger partial charge in [0.05, 0.1) is 0 Å². The molecule has 0 amide bonds. The molecular weight excluding hydrogens is 218 g/mol. The van der Waals surface area contributed by atoms with Crippen molar-refractivity contribution in [3.63, 3.8) is 0 Å². The lowest BCUT2D eigenvalue weighted by Gasteiger charge is -2.38. The highest BCUT2D eigenvalue weighted by atomic mass is 79.9. The van der Waals surface area contributed by atoms with Gasteiger partial charge in [-0.25, -0.2) is 0 Å². The molecule has 12 heavy (non-hydrogen) atoms. The number of aliphatic hydroxyl groups is 1. The van der Waals surface area contributed by atoms with Crippen molar-refractivity contribution in [1.82, 2.24) is 5.32 Å². The Morgan fingerprint density at radius 2 is 1.83 bits per heavy atom. The van der Waals surface area contributed by atoms with Gasteiger partial charge in [0.15, 0.2) is 0 Å². The van der Waals surface area contributed by atoms with Gasteiger partial charge in [0.2, 0.25) is 0 Å². The fourth-order valence-corrected chi connectivity index (χ4v) is 1.59. The molecule has 0 spiro atoms. The molecule has 1 aromatic rings. The van der Waals surface area contributed by atoms with Gasteiger partial charge in [0.1, 0.15) is 5.60 Å². The zero-order valence-electron chi connectivity index (χ0n) is 6.55. The summed E-state index contributed by atoms with van der Waals surface area (Å²) < 4.78 is 1.04. The van der Waals surface area contributed by atoms with Crippen LogP contribution in [-0.4, -0.2) is 18.2 Å². The minimum absolute atomic E-state index is 0.624. The van der Waals surface area contributed by atoms with E-state index in [1.54, 1.807) is 0 Å². The average Bonchev–Trinajstić information content (AvgIpc) is 2.02. The molecule has 0 aliphatic carbocycles. The topological polar surface area (TPSA) is 32.3 Å². The van der Waals surface area contributed by atoms with Gasteiger partial charge < -0.3 is 10.4 Å². The van der Waals surface area contributed by atoms with Crippen molar-refractivity contribution in [2.45, 2.75) is 5.60 Å². The van der Waals surface area contributed by atoms with Gasteiger partial charge in [-0.05, 0) is 17.7 Å². The van der Waals surface area contributed by atoms with Gasteiger partial charge in [-0.15, -0.1) is 0 Å². The zero-order valence-corrected chi connectivity index (χ0v) is 8.13. The van der Waals surface area contributed by atoms with E-state index in [-0.39, 0.29) is 0 Å². The van der Waals surface area contributed by atoms with Crippen LogP contribution in [0, 0.1) is 0 Å². The zero-order chi connectivity index (χ0) is 8.60. The Kier molecular flexibility index (Phi) is 1.94. The predicted octanol–water partition coefficient (Wildman–Crippen LogP) is 1.24. The van der Waals surface area contributed by atoms with Gasteiger partial charge in [0, 0.05) is 17.6 Å². The van der Waals surface area contributed by atoms with E-state index < -0.39 is 5.60 Å². The minimum atomic E-state index is -0.624. The van der Waals surface area contributed by atoms with Gasteiger partial charge >= 0.3 is 0 Å². The number of halogens is 1. The second-order valence-electron chi connectivity index (χ2n) is 3.14. The smallest absolute Gasteiger partial charge is 0.114 e. The van der Waals surface area contributed by atoms with E-state index in [1.165, 1.54) is 0 Å². The summed E-state index contributed by atoms with van der Waals surface area (Å²) in [5, 5.41) is 12.9. The fourth-order valence-electron chi connectivity index (χ4n) is 1.33. The highest BCUT2D eigenvalue weighted by Gasteiger charge is 2.35. The van der Waals surface area contributed by atoms with E-state index >= 15 is 0 Å². The van der Waals surface area contributed by atoms with E-state index in [9.17, 15) is 5.11 Å². The van der Waals surface area contributed by atoms with Crippen LogP contribution < -0.4 is 5.32 Å². The number of hydrogen-bond acceptors (Lipinski definition) is 2. The van der Waals surface area contributed by atoms with Crippen LogP contribution in [0.3, 0.4) is 0 Å². The Hall–Kier alpha value is -0.380. The molecule has 0 saturated carbocycles. The van der Waals surface area contributed by atoms with Crippen molar-refractivity contribution >= 4 is 15.9 Å². The van der Waals surface area contributed by atoms with E-state index in [1.807, 2.05) is 24.3 Å². The summed E-state index contributed by atoms with van der Waals surface area (Å²) in [6.45, 7) is 1.32. The van der Waals surface area contributed by atoms with Crippen molar-refractivity contribution < 1.29 is 5.11 Å². The number of β-amino-alcohol motifs (C(OH)–C–C–N with tert-alkyl or cyclic N) is 1. The Bertz CT molecular complexity index is 279. The van der Waals surface area contributed by atoms with Gasteiger partial charge in [-0.1, -0.05) is 28.1 Å². The average molecular weight is 228 g/mol. The van der Waals surface area contributed by atoms with Gasteiger partial charge in [0.25, 0.3) is 0 Å². The second-order valence-corrected chi connectivity index (χ2v) is 4.06. The Balaban J connectivity index is 2.28. The monoisotopic (exact) mass is 227 g/mol. The third kappa shape index (κ3) is 1.28. The fraction of sp³-hybridized carbons (Fsp3) is 0.333. The van der Waals surface area contributed by atoms with E-state index in [4.69, 9.17) is 0 Å². The quantitative estimate of drug-likeness (QED) is 0.757. The molecule has 1 saturated heterocycles. The molecule has 0 atom stereocenters. The molecule has 3 heteroatoms. The summed E-state index contributed by atoms with van der Waals surface area (Å²) in [6.07, 6.45) is 0. The van der Waals surface area contributed by atoms with Crippen LogP contribution in [0.2, 0.25) is 0 Å². The van der Waals surface area contributed by atoms with E-state index in [0.717, 1.165) is 10.0 Å². The van der Waals surface area contributed by atoms with Gasteiger partial charge in [-0.3, -0.25) is 0 Å². The highest BCUT2D eigenvalue weighted by Crippen LogP contribution is 2.26. The van der Waals surface area contributed by atoms with Crippen LogP contribution in [0.15, 0.2) is 28.7 Å². The molecule has 2 rings (SSSR count). The Morgan fingerprint density at radius 1 is 1.25 bits per heavy atom. The van der Waals surface area contributed by atoms with Gasteiger partial charge in [-0.2, -0.15) is 0 Å². The first kappa shape index (κ1) is 8.23. The van der Waals surface area contributed by atoms with Crippen LogP contribution >= 0.6 is 15.9 Å². The van der Waals surface area contributed by atoms with E-state index in [2.05, 4.69) is 21.2 Å². The third-order valence-electron chi connectivity index (χ3n) is 2.22. The lowest BCUT2D eigenvalue weighted by Crippen LogP contribution is -2.56. The maximum absolute atomic E-state index is 9.89. The summed E-state index contributed by atoms with van der Waals surface area (Å²) in [6, 6.07) is 7.80. The first-order chi connectivity index (χ1) is 5.71. The van der Waals surface area contributed by atoms with Crippen molar-refractivity contribution in [3.8, 4) is 0 Å². The summed E-state index contributed by atoms with van der Waals surface area (Å²) in [7, 11) is 0. The predicted molar refractivity (Wildman–Crippen MR) is 50.9 cm³/mol. The standard InChI is InChI=1S/C9H10BrNO/c10-8-3-1-7(2-4-8)9(12)5-11-6-9/h1-4,11-12H,5-6H2. The highest BCUT2D eigenvalue weighted by molar-refractivity contribution is 9.10. The lowest BCUT2D eigenvalue weighted by atomic mass is 9.88. The molecule has 0 aromatic heterocycles. The first-order valence-electron chi connectivity index (χ1n) is 3.90. The minimum Gasteiger partial charge on any atom is -0.382 e. The third-order valence-corrected chi connectivity index (χ3v) is 2.75. The van der Waals surface area contributed by atoms with Crippen molar-refractivity contribution in [1.29, 1.82) is 0 Å². The lowest BCUT2D eigenvalue weighted by molar-refractivity contribution is -0.0146. The van der Waals surface area contributed by atoms with Crippen molar-refractivity contribution in [2.24, 2.45) is 0 Å². The molecule has 0 radical (unpaired) electrons. The summed E-state index contributed by atoms with van der Waals surface area (Å²) in [4.78, 5) is 0. The van der Waals surface area contributed by atoms with Crippen molar-refractivity contribution in [3.05, 3.63) is 34.3 Å². The molecule has 64 valence electrons.